The van der Waals surface area contributed by atoms with Crippen LogP contribution < -0.4 is 4.74 Å². The van der Waals surface area contributed by atoms with Gasteiger partial charge >= 0.3 is 5.69 Å². The van der Waals surface area contributed by atoms with Gasteiger partial charge in [0.05, 0.1) is 16.6 Å². The van der Waals surface area contributed by atoms with Gasteiger partial charge in [-0.15, -0.1) is 0 Å². The summed E-state index contributed by atoms with van der Waals surface area (Å²) in [5.41, 5.74) is 0.624. The highest BCUT2D eigenvalue weighted by molar-refractivity contribution is 5.80. The van der Waals surface area contributed by atoms with Crippen LogP contribution in [0.4, 0.5) is 10.1 Å². The number of ether oxygens (including phenoxy) is 1. The highest BCUT2D eigenvalue weighted by Gasteiger charge is 2.18. The molecule has 0 atom stereocenters. The van der Waals surface area contributed by atoms with Gasteiger partial charge in [-0.1, -0.05) is 11.6 Å². The number of hydrogen-bond donors (Lipinski definition) is 0. The molecule has 0 aliphatic carbocycles. The largest absolute Gasteiger partial charge is 0.449 e. The van der Waals surface area contributed by atoms with Crippen LogP contribution in [0, 0.1) is 22.9 Å². The van der Waals surface area contributed by atoms with E-state index in [1.165, 1.54) is 6.07 Å². The Bertz CT molecular complexity index is 685. The summed E-state index contributed by atoms with van der Waals surface area (Å²) in [6.07, 6.45) is 0.595. The summed E-state index contributed by atoms with van der Waals surface area (Å²) in [4.78, 5) is 21.1. The lowest BCUT2D eigenvalue weighted by Crippen LogP contribution is -1.96. The van der Waals surface area contributed by atoms with Crippen molar-refractivity contribution in [3.8, 4) is 11.5 Å². The van der Waals surface area contributed by atoms with Crippen molar-refractivity contribution in [2.45, 2.75) is 6.92 Å². The van der Waals surface area contributed by atoms with Crippen LogP contribution in [0.1, 0.15) is 15.9 Å². The fourth-order valence-electron chi connectivity index (χ4n) is 1.69. The van der Waals surface area contributed by atoms with E-state index in [0.717, 1.165) is 23.8 Å². The van der Waals surface area contributed by atoms with E-state index in [1.807, 2.05) is 0 Å². The Morgan fingerprint density at radius 3 is 2.55 bits per heavy atom. The van der Waals surface area contributed by atoms with Crippen LogP contribution in [-0.2, 0) is 0 Å². The molecule has 2 aromatic carbocycles. The van der Waals surface area contributed by atoms with Gasteiger partial charge < -0.3 is 4.74 Å². The second kappa shape index (κ2) is 5.48. The van der Waals surface area contributed by atoms with Gasteiger partial charge in [0.15, 0.2) is 6.29 Å². The number of nitrogens with zero attached hydrogens (tertiary/aromatic N) is 1. The van der Waals surface area contributed by atoms with E-state index in [1.54, 1.807) is 19.1 Å². The SMILES string of the molecule is Cc1ccc(Oc2ccc(F)cc2[N+](=O)[O-])c(C=O)c1. The monoisotopic (exact) mass is 275 g/mol. The summed E-state index contributed by atoms with van der Waals surface area (Å²) in [5, 5.41) is 10.9. The van der Waals surface area contributed by atoms with Crippen LogP contribution in [0.15, 0.2) is 36.4 Å². The van der Waals surface area contributed by atoms with E-state index >= 15 is 0 Å². The molecule has 0 unspecified atom stereocenters. The fraction of sp³-hybridized carbons (Fsp3) is 0.0714. The molecule has 0 heterocycles. The summed E-state index contributed by atoms with van der Waals surface area (Å²) in [6, 6.07) is 7.81. The normalized spacial score (nSPS) is 10.1. The van der Waals surface area contributed by atoms with Gasteiger partial charge in [0, 0.05) is 0 Å². The van der Waals surface area contributed by atoms with Gasteiger partial charge in [-0.05, 0) is 31.2 Å². The Hall–Kier alpha value is -2.76. The lowest BCUT2D eigenvalue weighted by molar-refractivity contribution is -0.385. The summed E-state index contributed by atoms with van der Waals surface area (Å²) in [6.45, 7) is 1.80. The third kappa shape index (κ3) is 2.80. The maximum Gasteiger partial charge on any atom is 0.314 e. The van der Waals surface area contributed by atoms with Gasteiger partial charge in [0.2, 0.25) is 5.75 Å². The second-order valence-corrected chi connectivity index (χ2v) is 4.13. The second-order valence-electron chi connectivity index (χ2n) is 4.13. The number of carbonyl (C=O) groups excluding carboxylic acids is 1. The fourth-order valence-corrected chi connectivity index (χ4v) is 1.69. The molecule has 5 nitrogen and oxygen atoms in total. The van der Waals surface area contributed by atoms with Crippen molar-refractivity contribution in [1.82, 2.24) is 0 Å². The molecule has 2 rings (SSSR count). The van der Waals surface area contributed by atoms with Crippen LogP contribution in [0.3, 0.4) is 0 Å². The van der Waals surface area contributed by atoms with Crippen LogP contribution in [0.5, 0.6) is 11.5 Å². The van der Waals surface area contributed by atoms with Gasteiger partial charge in [-0.2, -0.15) is 0 Å². The number of nitro benzene ring substituents is 1. The lowest BCUT2D eigenvalue weighted by Gasteiger charge is -2.09. The molecule has 0 spiro atoms. The van der Waals surface area contributed by atoms with E-state index in [-0.39, 0.29) is 17.1 Å². The van der Waals surface area contributed by atoms with Gasteiger partial charge in [-0.3, -0.25) is 14.9 Å². The predicted octanol–water partition coefficient (Wildman–Crippen LogP) is 3.65. The first-order chi connectivity index (χ1) is 9.51. The molecule has 102 valence electrons. The molecule has 0 amide bonds. The van der Waals surface area contributed by atoms with E-state index in [0.29, 0.717) is 6.29 Å². The van der Waals surface area contributed by atoms with E-state index < -0.39 is 16.4 Å². The van der Waals surface area contributed by atoms with Crippen molar-refractivity contribution in [2.75, 3.05) is 0 Å². The Kier molecular flexibility index (Phi) is 3.74. The zero-order valence-electron chi connectivity index (χ0n) is 10.5. The van der Waals surface area contributed by atoms with Crippen molar-refractivity contribution in [3.63, 3.8) is 0 Å². The van der Waals surface area contributed by atoms with Crippen molar-refractivity contribution in [1.29, 1.82) is 0 Å². The van der Waals surface area contributed by atoms with Crippen LogP contribution in [0.25, 0.3) is 0 Å². The molecule has 0 aromatic heterocycles. The van der Waals surface area contributed by atoms with Crippen LogP contribution >= 0.6 is 0 Å². The van der Waals surface area contributed by atoms with E-state index in [4.69, 9.17) is 4.74 Å². The number of nitro groups is 1. The average molecular weight is 275 g/mol. The summed E-state index contributed by atoms with van der Waals surface area (Å²) >= 11 is 0. The molecule has 0 bridgehead atoms. The third-order valence-electron chi connectivity index (χ3n) is 2.63. The zero-order chi connectivity index (χ0) is 14.7. The minimum absolute atomic E-state index is 0.122. The number of rotatable bonds is 4. The molecule has 0 fully saturated rings. The quantitative estimate of drug-likeness (QED) is 0.485. The number of aldehydes is 1. The summed E-state index contributed by atoms with van der Waals surface area (Å²) < 4.78 is 18.4. The molecule has 6 heteroatoms. The van der Waals surface area contributed by atoms with E-state index in [2.05, 4.69) is 0 Å². The highest BCUT2D eigenvalue weighted by Crippen LogP contribution is 2.33. The topological polar surface area (TPSA) is 69.4 Å². The first-order valence-corrected chi connectivity index (χ1v) is 5.69. The van der Waals surface area contributed by atoms with E-state index in [9.17, 15) is 19.3 Å². The number of aryl methyl sites for hydroxylation is 1. The molecule has 20 heavy (non-hydrogen) atoms. The van der Waals surface area contributed by atoms with Crippen molar-refractivity contribution >= 4 is 12.0 Å². The van der Waals surface area contributed by atoms with Gasteiger partial charge in [0.1, 0.15) is 11.6 Å². The number of hydrogen-bond acceptors (Lipinski definition) is 4. The minimum atomic E-state index is -0.743. The standard InChI is InChI=1S/C14H10FNO4/c1-9-2-4-13(10(6-9)8-17)20-14-5-3-11(15)7-12(14)16(18)19/h2-8H,1H3. The minimum Gasteiger partial charge on any atom is -0.449 e. The Morgan fingerprint density at radius 1 is 1.20 bits per heavy atom. The van der Waals surface area contributed by atoms with Crippen molar-refractivity contribution in [2.24, 2.45) is 0 Å². The van der Waals surface area contributed by atoms with Crippen molar-refractivity contribution < 1.29 is 18.8 Å². The molecular formula is C14H10FNO4. The summed E-state index contributed by atoms with van der Waals surface area (Å²) in [5.74, 6) is -0.674. The Balaban J connectivity index is 2.45. The molecule has 0 saturated carbocycles. The van der Waals surface area contributed by atoms with Gasteiger partial charge in [-0.25, -0.2) is 4.39 Å². The van der Waals surface area contributed by atoms with Crippen LogP contribution in [-0.4, -0.2) is 11.2 Å². The van der Waals surface area contributed by atoms with Crippen molar-refractivity contribution in [3.05, 3.63) is 63.5 Å². The smallest absolute Gasteiger partial charge is 0.314 e. The molecule has 0 radical (unpaired) electrons. The first-order valence-electron chi connectivity index (χ1n) is 5.69. The zero-order valence-corrected chi connectivity index (χ0v) is 10.5. The third-order valence-corrected chi connectivity index (χ3v) is 2.63. The summed E-state index contributed by atoms with van der Waals surface area (Å²) in [7, 11) is 0. The number of halogens is 1. The lowest BCUT2D eigenvalue weighted by atomic mass is 10.1. The maximum atomic E-state index is 13.0. The molecular weight excluding hydrogens is 265 g/mol. The highest BCUT2D eigenvalue weighted by atomic mass is 19.1. The number of carbonyl (C=O) groups is 1. The average Bonchev–Trinajstić information content (AvgIpc) is 2.42. The Labute approximate surface area is 113 Å². The first kappa shape index (κ1) is 13.7. The predicted molar refractivity (Wildman–Crippen MR) is 69.7 cm³/mol. The van der Waals surface area contributed by atoms with Crippen LogP contribution in [0.2, 0.25) is 0 Å². The Morgan fingerprint density at radius 2 is 1.90 bits per heavy atom. The molecule has 0 saturated heterocycles. The maximum absolute atomic E-state index is 13.0. The molecule has 2 aromatic rings. The molecule has 0 aliphatic rings. The number of benzene rings is 2. The molecule has 0 N–H and O–H groups in total. The molecule has 0 aliphatic heterocycles. The van der Waals surface area contributed by atoms with Gasteiger partial charge in [0.25, 0.3) is 0 Å².